The predicted octanol–water partition coefficient (Wildman–Crippen LogP) is 2.16. The van der Waals surface area contributed by atoms with Crippen LogP contribution in [0, 0.1) is 0 Å². The summed E-state index contributed by atoms with van der Waals surface area (Å²) in [5.41, 5.74) is 0.730. The van der Waals surface area contributed by atoms with E-state index in [4.69, 9.17) is 9.47 Å². The van der Waals surface area contributed by atoms with E-state index in [1.54, 1.807) is 24.1 Å². The number of rotatable bonds is 3. The summed E-state index contributed by atoms with van der Waals surface area (Å²) in [6.45, 7) is 0. The minimum Gasteiger partial charge on any atom is -0.497 e. The number of aromatic nitrogens is 4. The maximum atomic E-state index is 5.76. The maximum Gasteiger partial charge on any atom is 0.233 e. The molecule has 0 fully saturated rings. The van der Waals surface area contributed by atoms with Crippen LogP contribution in [0.25, 0.3) is 11.0 Å². The minimum absolute atomic E-state index is 0.478. The Hall–Kier alpha value is -2.63. The van der Waals surface area contributed by atoms with Gasteiger partial charge in [-0.25, -0.2) is 9.97 Å². The lowest BCUT2D eigenvalue weighted by Gasteiger charge is -2.06. The number of hydrogen-bond donors (Lipinski definition) is 0. The van der Waals surface area contributed by atoms with E-state index in [0.29, 0.717) is 11.6 Å². The van der Waals surface area contributed by atoms with Gasteiger partial charge in [0.15, 0.2) is 5.65 Å². The molecule has 1 aromatic carbocycles. The molecule has 0 aliphatic heterocycles. The summed E-state index contributed by atoms with van der Waals surface area (Å²) in [5, 5.41) is 4.91. The molecule has 0 spiro atoms. The van der Waals surface area contributed by atoms with Crippen molar-refractivity contribution in [3.05, 3.63) is 36.8 Å². The first-order chi connectivity index (χ1) is 9.28. The van der Waals surface area contributed by atoms with Crippen LogP contribution < -0.4 is 9.47 Å². The Labute approximate surface area is 109 Å². The highest BCUT2D eigenvalue weighted by atomic mass is 16.5. The number of aryl methyl sites for hydroxylation is 1. The minimum atomic E-state index is 0.478. The zero-order valence-electron chi connectivity index (χ0n) is 10.6. The molecule has 6 nitrogen and oxygen atoms in total. The van der Waals surface area contributed by atoms with E-state index >= 15 is 0 Å². The van der Waals surface area contributed by atoms with Crippen molar-refractivity contribution in [2.24, 2.45) is 7.05 Å². The molecular weight excluding hydrogens is 244 g/mol. The fourth-order valence-corrected chi connectivity index (χ4v) is 1.80. The normalized spacial score (nSPS) is 10.6. The van der Waals surface area contributed by atoms with Crippen molar-refractivity contribution in [2.75, 3.05) is 7.11 Å². The Morgan fingerprint density at radius 3 is 2.84 bits per heavy atom. The van der Waals surface area contributed by atoms with Crippen LogP contribution in [0.2, 0.25) is 0 Å². The zero-order valence-corrected chi connectivity index (χ0v) is 10.6. The molecule has 0 radical (unpaired) electrons. The first-order valence-electron chi connectivity index (χ1n) is 5.72. The van der Waals surface area contributed by atoms with Gasteiger partial charge in [0.1, 0.15) is 23.2 Å². The first-order valence-corrected chi connectivity index (χ1v) is 5.72. The summed E-state index contributed by atoms with van der Waals surface area (Å²) in [6, 6.07) is 7.35. The van der Waals surface area contributed by atoms with Crippen molar-refractivity contribution < 1.29 is 9.47 Å². The fraction of sp³-hybridized carbons (Fsp3) is 0.154. The summed E-state index contributed by atoms with van der Waals surface area (Å²) >= 11 is 0. The zero-order chi connectivity index (χ0) is 13.2. The van der Waals surface area contributed by atoms with Crippen LogP contribution in [-0.2, 0) is 7.05 Å². The third-order valence-corrected chi connectivity index (χ3v) is 2.75. The third kappa shape index (κ3) is 2.08. The molecule has 0 unspecified atom stereocenters. The van der Waals surface area contributed by atoms with Crippen molar-refractivity contribution in [3.63, 3.8) is 0 Å². The molecule has 0 atom stereocenters. The van der Waals surface area contributed by atoms with Crippen molar-refractivity contribution in [1.29, 1.82) is 0 Å². The monoisotopic (exact) mass is 256 g/mol. The third-order valence-electron chi connectivity index (χ3n) is 2.75. The molecule has 0 aliphatic carbocycles. The van der Waals surface area contributed by atoms with E-state index in [0.717, 1.165) is 16.8 Å². The number of benzene rings is 1. The molecule has 19 heavy (non-hydrogen) atoms. The van der Waals surface area contributed by atoms with Crippen LogP contribution in [-0.4, -0.2) is 26.9 Å². The average Bonchev–Trinajstić information content (AvgIpc) is 2.82. The topological polar surface area (TPSA) is 62.1 Å². The van der Waals surface area contributed by atoms with Gasteiger partial charge in [0, 0.05) is 13.1 Å². The van der Waals surface area contributed by atoms with E-state index in [9.17, 15) is 0 Å². The Balaban J connectivity index is 2.00. The lowest BCUT2D eigenvalue weighted by atomic mass is 10.3. The molecule has 2 aromatic heterocycles. The molecule has 6 heteroatoms. The van der Waals surface area contributed by atoms with E-state index < -0.39 is 0 Å². The molecule has 2 heterocycles. The Morgan fingerprint density at radius 1 is 1.16 bits per heavy atom. The molecule has 96 valence electrons. The Kier molecular flexibility index (Phi) is 2.75. The summed E-state index contributed by atoms with van der Waals surface area (Å²) in [6.07, 6.45) is 3.14. The number of nitrogens with zero attached hydrogens (tertiary/aromatic N) is 4. The number of ether oxygens (including phenoxy) is 2. The van der Waals surface area contributed by atoms with Crippen LogP contribution >= 0.6 is 0 Å². The summed E-state index contributed by atoms with van der Waals surface area (Å²) in [5.74, 6) is 1.86. The summed E-state index contributed by atoms with van der Waals surface area (Å²) < 4.78 is 12.6. The molecule has 0 amide bonds. The lowest BCUT2D eigenvalue weighted by molar-refractivity contribution is 0.408. The second-order valence-electron chi connectivity index (χ2n) is 3.97. The quantitative estimate of drug-likeness (QED) is 0.718. The molecule has 3 aromatic rings. The van der Waals surface area contributed by atoms with Crippen molar-refractivity contribution in [1.82, 2.24) is 19.7 Å². The largest absolute Gasteiger partial charge is 0.497 e. The fourth-order valence-electron chi connectivity index (χ4n) is 1.80. The van der Waals surface area contributed by atoms with Crippen molar-refractivity contribution in [3.8, 4) is 17.4 Å². The van der Waals surface area contributed by atoms with Gasteiger partial charge >= 0.3 is 0 Å². The standard InChI is InChI=1S/C13H12N4O2/c1-17-12-11(7-16-17)13(15-8-14-12)19-10-5-3-4-9(6-10)18-2/h3-8H,1-2H3. The smallest absolute Gasteiger partial charge is 0.233 e. The second-order valence-corrected chi connectivity index (χ2v) is 3.97. The second kappa shape index (κ2) is 4.56. The van der Waals surface area contributed by atoms with Crippen LogP contribution in [0.5, 0.6) is 17.4 Å². The van der Waals surface area contributed by atoms with E-state index in [2.05, 4.69) is 15.1 Å². The van der Waals surface area contributed by atoms with Gasteiger partial charge in [0.2, 0.25) is 5.88 Å². The van der Waals surface area contributed by atoms with E-state index in [1.165, 1.54) is 6.33 Å². The maximum absolute atomic E-state index is 5.76. The van der Waals surface area contributed by atoms with Crippen LogP contribution in [0.1, 0.15) is 0 Å². The van der Waals surface area contributed by atoms with E-state index in [1.807, 2.05) is 25.2 Å². The van der Waals surface area contributed by atoms with Crippen molar-refractivity contribution in [2.45, 2.75) is 0 Å². The van der Waals surface area contributed by atoms with Crippen LogP contribution in [0.4, 0.5) is 0 Å². The number of fused-ring (bicyclic) bond motifs is 1. The molecule has 0 aliphatic rings. The Bertz CT molecular complexity index is 723. The van der Waals surface area contributed by atoms with Gasteiger partial charge in [0.25, 0.3) is 0 Å². The van der Waals surface area contributed by atoms with E-state index in [-0.39, 0.29) is 0 Å². The van der Waals surface area contributed by atoms with Gasteiger partial charge in [-0.1, -0.05) is 6.07 Å². The van der Waals surface area contributed by atoms with Gasteiger partial charge < -0.3 is 9.47 Å². The summed E-state index contributed by atoms with van der Waals surface area (Å²) in [7, 11) is 3.44. The van der Waals surface area contributed by atoms with Crippen LogP contribution in [0.3, 0.4) is 0 Å². The molecule has 0 bridgehead atoms. The van der Waals surface area contributed by atoms with Gasteiger partial charge in [-0.3, -0.25) is 4.68 Å². The lowest BCUT2D eigenvalue weighted by Crippen LogP contribution is -1.94. The van der Waals surface area contributed by atoms with Gasteiger partial charge in [0.05, 0.1) is 13.3 Å². The van der Waals surface area contributed by atoms with Gasteiger partial charge in [-0.15, -0.1) is 0 Å². The highest BCUT2D eigenvalue weighted by Gasteiger charge is 2.09. The predicted molar refractivity (Wildman–Crippen MR) is 69.4 cm³/mol. The number of methoxy groups -OCH3 is 1. The molecule has 3 rings (SSSR count). The molecular formula is C13H12N4O2. The van der Waals surface area contributed by atoms with Gasteiger partial charge in [-0.05, 0) is 12.1 Å². The highest BCUT2D eigenvalue weighted by molar-refractivity contribution is 5.79. The molecule has 0 saturated heterocycles. The average molecular weight is 256 g/mol. The Morgan fingerprint density at radius 2 is 2.00 bits per heavy atom. The molecule has 0 N–H and O–H groups in total. The van der Waals surface area contributed by atoms with Crippen molar-refractivity contribution >= 4 is 11.0 Å². The first kappa shape index (κ1) is 11.5. The van der Waals surface area contributed by atoms with Gasteiger partial charge in [-0.2, -0.15) is 5.10 Å². The summed E-state index contributed by atoms with van der Waals surface area (Å²) in [4.78, 5) is 8.30. The number of hydrogen-bond acceptors (Lipinski definition) is 5. The highest BCUT2D eigenvalue weighted by Crippen LogP contribution is 2.28. The van der Waals surface area contributed by atoms with Crippen LogP contribution in [0.15, 0.2) is 36.8 Å². The molecule has 0 saturated carbocycles. The SMILES string of the molecule is COc1cccc(Oc2ncnc3c2cnn3C)c1.